The van der Waals surface area contributed by atoms with Gasteiger partial charge in [-0.1, -0.05) is 17.7 Å². The Balaban J connectivity index is 0.759. The molecule has 12 nitrogen and oxygen atoms in total. The standard InChI is InChI=1S/C44H45ClFN7O5/c1-27-22-43(25-52(27)32-7-8-36(47-2)35(45)21-32)11-15-50(16-12-43)31-5-3-28(4-6-31)40(56)51-17-13-44(46,14-18-51)26-49-23-29-19-33-34(20-30(29)24-49)42(58)53(41(33)57)37-9-10-38(54)48-39(37)55/h3-8,19-21,27,37H,9-18,22-26H2,1H3,(H,48,54,55)/t27-,37?/m0/s1. The van der Waals surface area contributed by atoms with Gasteiger partial charge < -0.3 is 14.7 Å². The van der Waals surface area contributed by atoms with Gasteiger partial charge in [0.2, 0.25) is 17.5 Å². The van der Waals surface area contributed by atoms with Gasteiger partial charge >= 0.3 is 0 Å². The lowest BCUT2D eigenvalue weighted by molar-refractivity contribution is -0.136. The molecule has 6 aliphatic rings. The van der Waals surface area contributed by atoms with Gasteiger partial charge in [0.1, 0.15) is 11.7 Å². The Labute approximate surface area is 341 Å². The minimum Gasteiger partial charge on any atom is -0.371 e. The molecule has 0 aliphatic carbocycles. The summed E-state index contributed by atoms with van der Waals surface area (Å²) in [5.74, 6) is -2.27. The number of rotatable bonds is 6. The van der Waals surface area contributed by atoms with Gasteiger partial charge in [-0.2, -0.15) is 0 Å². The number of piperidine rings is 3. The highest BCUT2D eigenvalue weighted by atomic mass is 35.5. The molecule has 0 radical (unpaired) electrons. The van der Waals surface area contributed by atoms with Crippen LogP contribution in [-0.4, -0.2) is 101 Å². The molecule has 6 heterocycles. The second kappa shape index (κ2) is 14.5. The Morgan fingerprint density at radius 3 is 2.14 bits per heavy atom. The molecule has 4 saturated heterocycles. The topological polar surface area (TPSA) is 118 Å². The van der Waals surface area contributed by atoms with Gasteiger partial charge in [-0.05, 0) is 97.7 Å². The average Bonchev–Trinajstić information content (AvgIpc) is 3.83. The molecular formula is C44H45ClFN7O5. The van der Waals surface area contributed by atoms with Gasteiger partial charge in [0.15, 0.2) is 0 Å². The number of hydrogen-bond acceptors (Lipinski definition) is 8. The minimum atomic E-state index is -1.49. The SMILES string of the molecule is [C-]#[N+]c1ccc(N2CC3(CCN(c4ccc(C(=O)N5CCC(F)(CN6Cc7cc8c(cc7C6)C(=O)N(C6CCC(=O)NC6=O)C8=O)CC5)cc4)CC3)C[C@@H]2C)cc1Cl. The first-order chi connectivity index (χ1) is 27.8. The molecule has 5 amide bonds. The van der Waals surface area contributed by atoms with Crippen LogP contribution >= 0.6 is 11.6 Å². The molecule has 9 rings (SSSR count). The molecule has 3 aromatic carbocycles. The molecule has 0 aromatic heterocycles. The predicted molar refractivity (Wildman–Crippen MR) is 216 cm³/mol. The molecule has 300 valence electrons. The lowest BCUT2D eigenvalue weighted by Gasteiger charge is -2.40. The van der Waals surface area contributed by atoms with Gasteiger partial charge in [-0.3, -0.25) is 39.1 Å². The van der Waals surface area contributed by atoms with Gasteiger partial charge in [-0.25, -0.2) is 9.24 Å². The van der Waals surface area contributed by atoms with Crippen LogP contribution in [0.15, 0.2) is 54.6 Å². The van der Waals surface area contributed by atoms with Crippen molar-refractivity contribution in [2.45, 2.75) is 82.7 Å². The molecule has 1 unspecified atom stereocenters. The summed E-state index contributed by atoms with van der Waals surface area (Å²) in [5.41, 5.74) is 4.11. The van der Waals surface area contributed by atoms with Gasteiger partial charge in [0, 0.05) is 99.6 Å². The van der Waals surface area contributed by atoms with Crippen LogP contribution in [0.3, 0.4) is 0 Å². The van der Waals surface area contributed by atoms with E-state index < -0.39 is 35.3 Å². The number of carbonyl (C=O) groups excluding carboxylic acids is 5. The summed E-state index contributed by atoms with van der Waals surface area (Å²) in [4.78, 5) is 77.2. The Bertz CT molecular complexity index is 2230. The average molecular weight is 806 g/mol. The first kappa shape index (κ1) is 38.2. The van der Waals surface area contributed by atoms with Gasteiger partial charge in [0.05, 0.1) is 17.7 Å². The van der Waals surface area contributed by atoms with Crippen molar-refractivity contribution in [3.05, 3.63) is 98.9 Å². The fourth-order valence-electron chi connectivity index (χ4n) is 10.2. The molecule has 1 N–H and O–H groups in total. The number of likely N-dealkylation sites (tertiary alicyclic amines) is 1. The second-order valence-electron chi connectivity index (χ2n) is 17.2. The third-order valence-electron chi connectivity index (χ3n) is 13.5. The lowest BCUT2D eigenvalue weighted by atomic mass is 9.76. The molecule has 58 heavy (non-hydrogen) atoms. The van der Waals surface area contributed by atoms with Crippen LogP contribution in [0.25, 0.3) is 4.85 Å². The Hall–Kier alpha value is -5.32. The maximum Gasteiger partial charge on any atom is 0.262 e. The van der Waals surface area contributed by atoms with E-state index >= 15 is 4.39 Å². The summed E-state index contributed by atoms with van der Waals surface area (Å²) < 4.78 is 16.3. The summed E-state index contributed by atoms with van der Waals surface area (Å²) in [6.07, 6.45) is 3.82. The van der Waals surface area contributed by atoms with E-state index in [9.17, 15) is 24.0 Å². The third kappa shape index (κ3) is 6.79. The van der Waals surface area contributed by atoms with Crippen molar-refractivity contribution in [3.63, 3.8) is 0 Å². The largest absolute Gasteiger partial charge is 0.371 e. The first-order valence-electron chi connectivity index (χ1n) is 20.2. The van der Waals surface area contributed by atoms with E-state index in [-0.39, 0.29) is 54.7 Å². The molecule has 3 aromatic rings. The van der Waals surface area contributed by atoms with Crippen LogP contribution in [-0.2, 0) is 22.7 Å². The number of anilines is 2. The molecule has 2 atom stereocenters. The second-order valence-corrected chi connectivity index (χ2v) is 17.6. The molecule has 0 saturated carbocycles. The van der Waals surface area contributed by atoms with E-state index in [0.29, 0.717) is 48.5 Å². The highest BCUT2D eigenvalue weighted by Gasteiger charge is 2.47. The molecule has 4 fully saturated rings. The van der Waals surface area contributed by atoms with Crippen molar-refractivity contribution in [1.29, 1.82) is 0 Å². The smallest absolute Gasteiger partial charge is 0.262 e. The number of imide groups is 2. The number of nitrogens with zero attached hydrogens (tertiary/aromatic N) is 6. The molecule has 14 heteroatoms. The van der Waals surface area contributed by atoms with Gasteiger partial charge in [0.25, 0.3) is 17.7 Å². The van der Waals surface area contributed by atoms with E-state index in [1.807, 2.05) is 41.3 Å². The first-order valence-corrected chi connectivity index (χ1v) is 20.6. The number of hydrogen-bond donors (Lipinski definition) is 1. The van der Waals surface area contributed by atoms with E-state index in [1.54, 1.807) is 23.1 Å². The normalized spacial score (nSPS) is 24.0. The summed E-state index contributed by atoms with van der Waals surface area (Å²) in [7, 11) is 0. The Morgan fingerprint density at radius 2 is 1.53 bits per heavy atom. The summed E-state index contributed by atoms with van der Waals surface area (Å²) in [5, 5.41) is 2.71. The quantitative estimate of drug-likeness (QED) is 0.234. The van der Waals surface area contributed by atoms with E-state index in [4.69, 9.17) is 18.2 Å². The molecule has 0 bridgehead atoms. The van der Waals surface area contributed by atoms with E-state index in [1.165, 1.54) is 0 Å². The number of nitrogens with one attached hydrogen (secondary N) is 1. The highest BCUT2D eigenvalue weighted by molar-refractivity contribution is 6.33. The summed E-state index contributed by atoms with van der Waals surface area (Å²) >= 11 is 6.37. The fraction of sp³-hybridized carbons (Fsp3) is 0.455. The zero-order valence-corrected chi connectivity index (χ0v) is 33.2. The number of fused-ring (bicyclic) bond motifs is 2. The number of alkyl halides is 1. The van der Waals surface area contributed by atoms with Crippen LogP contribution in [0.4, 0.5) is 21.5 Å². The van der Waals surface area contributed by atoms with Crippen molar-refractivity contribution in [2.24, 2.45) is 5.41 Å². The number of benzene rings is 3. The number of amides is 5. The maximum atomic E-state index is 16.3. The van der Waals surface area contributed by atoms with Crippen molar-refractivity contribution >= 4 is 58.2 Å². The van der Waals surface area contributed by atoms with Crippen LogP contribution in [0, 0.1) is 12.0 Å². The Morgan fingerprint density at radius 1 is 0.897 bits per heavy atom. The fourth-order valence-corrected chi connectivity index (χ4v) is 10.5. The van der Waals surface area contributed by atoms with Crippen molar-refractivity contribution in [2.75, 3.05) is 49.1 Å². The minimum absolute atomic E-state index is 0.0565. The third-order valence-corrected chi connectivity index (χ3v) is 13.8. The van der Waals surface area contributed by atoms with Crippen LogP contribution in [0.5, 0.6) is 0 Å². The monoisotopic (exact) mass is 805 g/mol. The summed E-state index contributed by atoms with van der Waals surface area (Å²) in [6, 6.07) is 16.3. The summed E-state index contributed by atoms with van der Waals surface area (Å²) in [6.45, 7) is 14.0. The van der Waals surface area contributed by atoms with Crippen LogP contribution in [0.1, 0.15) is 94.1 Å². The number of halogens is 2. The van der Waals surface area contributed by atoms with Crippen LogP contribution < -0.4 is 15.1 Å². The molecule has 6 aliphatic heterocycles. The maximum absolute atomic E-state index is 16.3. The Kier molecular flexibility index (Phi) is 9.55. The van der Waals surface area contributed by atoms with E-state index in [0.717, 1.165) is 66.3 Å². The molecular weight excluding hydrogens is 761 g/mol. The zero-order valence-electron chi connectivity index (χ0n) is 32.4. The lowest BCUT2D eigenvalue weighted by Crippen LogP contribution is -2.54. The van der Waals surface area contributed by atoms with Gasteiger partial charge in [-0.15, -0.1) is 0 Å². The van der Waals surface area contributed by atoms with Crippen LogP contribution in [0.2, 0.25) is 5.02 Å². The van der Waals surface area contributed by atoms with Crippen molar-refractivity contribution < 1.29 is 28.4 Å². The predicted octanol–water partition coefficient (Wildman–Crippen LogP) is 6.14. The van der Waals surface area contributed by atoms with Crippen molar-refractivity contribution in [1.82, 2.24) is 20.0 Å². The zero-order chi connectivity index (χ0) is 40.5. The number of carbonyl (C=O) groups is 5. The van der Waals surface area contributed by atoms with E-state index in [2.05, 4.69) is 26.9 Å². The van der Waals surface area contributed by atoms with Crippen molar-refractivity contribution in [3.8, 4) is 0 Å². The highest BCUT2D eigenvalue weighted by Crippen LogP contribution is 2.46. The molecule has 1 spiro atoms.